The van der Waals surface area contributed by atoms with Crippen LogP contribution in [0, 0.1) is 0 Å². The normalized spacial score (nSPS) is 14.4. The molecule has 2 N–H and O–H groups in total. The van der Waals surface area contributed by atoms with Crippen molar-refractivity contribution in [3.8, 4) is 0 Å². The fraction of sp³-hybridized carbons (Fsp3) is 0.435. The molecule has 0 radical (unpaired) electrons. The maximum atomic E-state index is 12.6. The quantitative estimate of drug-likeness (QED) is 0.609. The van der Waals surface area contributed by atoms with Gasteiger partial charge in [-0.05, 0) is 54.7 Å². The Hall–Kier alpha value is -2.42. The van der Waals surface area contributed by atoms with Crippen LogP contribution in [0.15, 0.2) is 41.3 Å². The number of aryl methyl sites for hydroxylation is 1. The van der Waals surface area contributed by atoms with E-state index in [1.54, 1.807) is 26.2 Å². The Morgan fingerprint density at radius 2 is 2.00 bits per heavy atom. The maximum Gasteiger partial charge on any atom is 0.242 e. The lowest BCUT2D eigenvalue weighted by atomic mass is 9.96. The van der Waals surface area contributed by atoms with Crippen molar-refractivity contribution in [2.45, 2.75) is 50.7 Å². The van der Waals surface area contributed by atoms with E-state index < -0.39 is 10.0 Å². The van der Waals surface area contributed by atoms with Crippen molar-refractivity contribution < 1.29 is 8.42 Å². The van der Waals surface area contributed by atoms with Crippen molar-refractivity contribution >= 4 is 26.7 Å². The van der Waals surface area contributed by atoms with E-state index >= 15 is 0 Å². The van der Waals surface area contributed by atoms with Crippen molar-refractivity contribution in [3.05, 3.63) is 53.3 Å². The molecule has 8 heteroatoms. The number of fused-ring (bicyclic) bond motifs is 2. The van der Waals surface area contributed by atoms with E-state index in [4.69, 9.17) is 10.7 Å². The van der Waals surface area contributed by atoms with E-state index in [9.17, 15) is 8.42 Å². The Morgan fingerprint density at radius 1 is 1.19 bits per heavy atom. The van der Waals surface area contributed by atoms with Crippen LogP contribution in [-0.2, 0) is 36.1 Å². The van der Waals surface area contributed by atoms with Crippen LogP contribution in [0.4, 0.5) is 5.69 Å². The molecule has 0 unspecified atom stereocenters. The minimum Gasteiger partial charge on any atom is -0.364 e. The van der Waals surface area contributed by atoms with Crippen LogP contribution in [0.2, 0.25) is 0 Å². The summed E-state index contributed by atoms with van der Waals surface area (Å²) in [5.41, 5.74) is 11.5. The largest absolute Gasteiger partial charge is 0.364 e. The Kier molecular flexibility index (Phi) is 6.05. The molecule has 0 amide bonds. The minimum absolute atomic E-state index is 0.272. The molecule has 31 heavy (non-hydrogen) atoms. The minimum atomic E-state index is -3.50. The molecule has 3 aromatic rings. The van der Waals surface area contributed by atoms with E-state index in [2.05, 4.69) is 34.6 Å². The Morgan fingerprint density at radius 3 is 2.71 bits per heavy atom. The summed E-state index contributed by atoms with van der Waals surface area (Å²) in [6.07, 6.45) is 3.11. The lowest BCUT2D eigenvalue weighted by Gasteiger charge is -2.32. The SMILES string of the molecule is CCCn1c(CN2CCCc3c(CN)cccc32)nc2cc(S(=O)(=O)N(C)C)ccc21. The van der Waals surface area contributed by atoms with Gasteiger partial charge in [-0.15, -0.1) is 0 Å². The van der Waals surface area contributed by atoms with Gasteiger partial charge in [0.1, 0.15) is 5.82 Å². The van der Waals surface area contributed by atoms with Crippen molar-refractivity contribution in [2.24, 2.45) is 5.73 Å². The smallest absolute Gasteiger partial charge is 0.242 e. The zero-order valence-corrected chi connectivity index (χ0v) is 19.3. The van der Waals surface area contributed by atoms with Crippen molar-refractivity contribution in [1.29, 1.82) is 0 Å². The Balaban J connectivity index is 1.76. The molecule has 0 bridgehead atoms. The number of benzene rings is 2. The number of nitrogens with zero attached hydrogens (tertiary/aromatic N) is 4. The first-order valence-corrected chi connectivity index (χ1v) is 12.3. The molecule has 0 fully saturated rings. The first-order chi connectivity index (χ1) is 14.9. The zero-order valence-electron chi connectivity index (χ0n) is 18.5. The van der Waals surface area contributed by atoms with Crippen LogP contribution in [-0.4, -0.2) is 42.9 Å². The number of hydrogen-bond acceptors (Lipinski definition) is 5. The second-order valence-electron chi connectivity index (χ2n) is 8.26. The predicted molar refractivity (Wildman–Crippen MR) is 125 cm³/mol. The van der Waals surface area contributed by atoms with Gasteiger partial charge in [0, 0.05) is 39.4 Å². The summed E-state index contributed by atoms with van der Waals surface area (Å²) in [6, 6.07) is 11.6. The number of imidazole rings is 1. The van der Waals surface area contributed by atoms with Crippen LogP contribution < -0.4 is 10.6 Å². The van der Waals surface area contributed by atoms with E-state index in [0.717, 1.165) is 49.2 Å². The summed E-state index contributed by atoms with van der Waals surface area (Å²) in [7, 11) is -0.406. The second-order valence-corrected chi connectivity index (χ2v) is 10.4. The van der Waals surface area contributed by atoms with Gasteiger partial charge in [0.2, 0.25) is 10.0 Å². The van der Waals surface area contributed by atoms with Gasteiger partial charge in [-0.1, -0.05) is 19.1 Å². The highest BCUT2D eigenvalue weighted by atomic mass is 32.2. The van der Waals surface area contributed by atoms with E-state index in [-0.39, 0.29) is 4.90 Å². The highest BCUT2D eigenvalue weighted by Gasteiger charge is 2.23. The van der Waals surface area contributed by atoms with E-state index in [1.165, 1.54) is 21.1 Å². The molecule has 1 aromatic heterocycles. The highest BCUT2D eigenvalue weighted by molar-refractivity contribution is 7.89. The molecular weight excluding hydrogens is 410 g/mol. The zero-order chi connectivity index (χ0) is 22.2. The number of hydrogen-bond donors (Lipinski definition) is 1. The fourth-order valence-electron chi connectivity index (χ4n) is 4.42. The van der Waals surface area contributed by atoms with E-state index in [1.807, 2.05) is 6.07 Å². The Bertz CT molecular complexity index is 1200. The third-order valence-corrected chi connectivity index (χ3v) is 7.83. The molecule has 1 aliphatic rings. The maximum absolute atomic E-state index is 12.6. The van der Waals surface area contributed by atoms with Gasteiger partial charge < -0.3 is 15.2 Å². The number of rotatable bonds is 7. The topological polar surface area (TPSA) is 84.5 Å². The summed E-state index contributed by atoms with van der Waals surface area (Å²) >= 11 is 0. The first-order valence-electron chi connectivity index (χ1n) is 10.8. The number of aromatic nitrogens is 2. The third-order valence-electron chi connectivity index (χ3n) is 6.02. The van der Waals surface area contributed by atoms with Gasteiger partial charge in [-0.25, -0.2) is 17.7 Å². The molecule has 0 atom stereocenters. The molecule has 0 saturated heterocycles. The lowest BCUT2D eigenvalue weighted by molar-refractivity contribution is 0.521. The average molecular weight is 442 g/mol. The summed E-state index contributed by atoms with van der Waals surface area (Å²) < 4.78 is 28.6. The molecule has 0 spiro atoms. The molecule has 0 saturated carbocycles. The standard InChI is InChI=1S/C23H31N5O2S/c1-4-12-28-22-11-10-18(31(29,30)26(2)3)14-20(22)25-23(28)16-27-13-6-8-19-17(15-24)7-5-9-21(19)27/h5,7,9-11,14H,4,6,8,12-13,15-16,24H2,1-3H3. The first kappa shape index (κ1) is 21.8. The predicted octanol–water partition coefficient (Wildman–Crippen LogP) is 3.11. The van der Waals surface area contributed by atoms with Gasteiger partial charge in [0.15, 0.2) is 0 Å². The van der Waals surface area contributed by atoms with E-state index in [0.29, 0.717) is 13.1 Å². The molecular formula is C23H31N5O2S. The number of nitrogens with two attached hydrogens (primary N) is 1. The van der Waals surface area contributed by atoms with Gasteiger partial charge in [0.05, 0.1) is 22.5 Å². The monoisotopic (exact) mass is 441 g/mol. The lowest BCUT2D eigenvalue weighted by Crippen LogP contribution is -2.31. The second kappa shape index (κ2) is 8.61. The molecule has 1 aliphatic heterocycles. The van der Waals surface area contributed by atoms with Crippen LogP contribution >= 0.6 is 0 Å². The van der Waals surface area contributed by atoms with Crippen molar-refractivity contribution in [1.82, 2.24) is 13.9 Å². The van der Waals surface area contributed by atoms with Gasteiger partial charge in [-0.3, -0.25) is 0 Å². The molecule has 7 nitrogen and oxygen atoms in total. The third kappa shape index (κ3) is 3.95. The summed E-state index contributed by atoms with van der Waals surface area (Å²) in [5.74, 6) is 0.960. The van der Waals surface area contributed by atoms with Crippen LogP contribution in [0.25, 0.3) is 11.0 Å². The number of sulfonamides is 1. The average Bonchev–Trinajstić information content (AvgIpc) is 3.10. The summed E-state index contributed by atoms with van der Waals surface area (Å²) in [5, 5.41) is 0. The molecule has 2 aromatic carbocycles. The fourth-order valence-corrected chi connectivity index (χ4v) is 5.35. The highest BCUT2D eigenvalue weighted by Crippen LogP contribution is 2.32. The van der Waals surface area contributed by atoms with Crippen LogP contribution in [0.5, 0.6) is 0 Å². The van der Waals surface area contributed by atoms with Gasteiger partial charge in [0.25, 0.3) is 0 Å². The molecule has 2 heterocycles. The number of anilines is 1. The Labute approximate surface area is 184 Å². The molecule has 166 valence electrons. The van der Waals surface area contributed by atoms with Gasteiger partial charge in [-0.2, -0.15) is 0 Å². The van der Waals surface area contributed by atoms with Crippen LogP contribution in [0.3, 0.4) is 0 Å². The molecule has 4 rings (SSSR count). The van der Waals surface area contributed by atoms with Crippen LogP contribution in [0.1, 0.15) is 36.7 Å². The van der Waals surface area contributed by atoms with Crippen molar-refractivity contribution in [3.63, 3.8) is 0 Å². The summed E-state index contributed by atoms with van der Waals surface area (Å²) in [6.45, 7) is 5.19. The summed E-state index contributed by atoms with van der Waals surface area (Å²) in [4.78, 5) is 7.54. The molecule has 0 aliphatic carbocycles. The van der Waals surface area contributed by atoms with Crippen molar-refractivity contribution in [2.75, 3.05) is 25.5 Å². The van der Waals surface area contributed by atoms with Gasteiger partial charge >= 0.3 is 0 Å².